The van der Waals surface area contributed by atoms with Crippen LogP contribution in [0.1, 0.15) is 22.8 Å². The van der Waals surface area contributed by atoms with Gasteiger partial charge in [0.1, 0.15) is 12.4 Å². The van der Waals surface area contributed by atoms with E-state index < -0.39 is 11.6 Å². The lowest BCUT2D eigenvalue weighted by molar-refractivity contribution is -0.119. The molecule has 0 bridgehead atoms. The summed E-state index contributed by atoms with van der Waals surface area (Å²) < 4.78 is 18.9. The Morgan fingerprint density at radius 3 is 2.41 bits per heavy atom. The van der Waals surface area contributed by atoms with Crippen LogP contribution in [0.4, 0.5) is 4.39 Å². The molecule has 0 saturated heterocycles. The molecule has 0 aliphatic heterocycles. The molecule has 0 fully saturated rings. The summed E-state index contributed by atoms with van der Waals surface area (Å²) in [6.45, 7) is 1.51. The number of ketones is 1. The number of aromatic nitrogens is 2. The Kier molecular flexibility index (Phi) is 5.25. The first-order chi connectivity index (χ1) is 12.9. The maximum absolute atomic E-state index is 13.0. The number of carbonyl (C=O) groups is 2. The van der Waals surface area contributed by atoms with Crippen LogP contribution >= 0.6 is 0 Å². The molecule has 0 unspecified atom stereocenters. The summed E-state index contributed by atoms with van der Waals surface area (Å²) in [6, 6.07) is 12.0. The third-order valence-corrected chi connectivity index (χ3v) is 3.81. The fourth-order valence-electron chi connectivity index (χ4n) is 2.38. The van der Waals surface area contributed by atoms with Crippen molar-refractivity contribution in [1.29, 1.82) is 0 Å². The Hall–Kier alpha value is -3.55. The van der Waals surface area contributed by atoms with Gasteiger partial charge in [0.2, 0.25) is 11.8 Å². The third-order valence-electron chi connectivity index (χ3n) is 3.81. The SMILES string of the molecule is CC(=O)NCc1ccc(C(=O)Cn2nc(-c3ccc(F)cc3)oc2=O)cc1. The van der Waals surface area contributed by atoms with E-state index in [2.05, 4.69) is 10.4 Å². The fourth-order valence-corrected chi connectivity index (χ4v) is 2.38. The van der Waals surface area contributed by atoms with Crippen molar-refractivity contribution in [3.05, 3.63) is 76.0 Å². The van der Waals surface area contributed by atoms with Gasteiger partial charge in [-0.15, -0.1) is 5.10 Å². The van der Waals surface area contributed by atoms with Gasteiger partial charge in [0.25, 0.3) is 0 Å². The van der Waals surface area contributed by atoms with E-state index in [1.165, 1.54) is 31.2 Å². The first-order valence-corrected chi connectivity index (χ1v) is 8.13. The summed E-state index contributed by atoms with van der Waals surface area (Å²) in [4.78, 5) is 35.2. The maximum Gasteiger partial charge on any atom is 0.437 e. The molecule has 0 aliphatic rings. The molecule has 0 atom stereocenters. The Morgan fingerprint density at radius 2 is 1.78 bits per heavy atom. The molecule has 1 aromatic heterocycles. The van der Waals surface area contributed by atoms with Gasteiger partial charge in [-0.3, -0.25) is 9.59 Å². The highest BCUT2D eigenvalue weighted by molar-refractivity contribution is 5.95. The number of amides is 1. The van der Waals surface area contributed by atoms with Crippen molar-refractivity contribution in [1.82, 2.24) is 15.1 Å². The van der Waals surface area contributed by atoms with Gasteiger partial charge in [0.15, 0.2) is 5.78 Å². The maximum atomic E-state index is 13.0. The molecular formula is C19H16FN3O4. The number of benzene rings is 2. The first-order valence-electron chi connectivity index (χ1n) is 8.13. The molecule has 3 rings (SSSR count). The number of hydrogen-bond donors (Lipinski definition) is 1. The van der Waals surface area contributed by atoms with Crippen LogP contribution in [0.15, 0.2) is 57.7 Å². The lowest BCUT2D eigenvalue weighted by atomic mass is 10.1. The van der Waals surface area contributed by atoms with Gasteiger partial charge in [0.05, 0.1) is 0 Å². The number of nitrogens with zero attached hydrogens (tertiary/aromatic N) is 2. The molecule has 2 aromatic carbocycles. The highest BCUT2D eigenvalue weighted by Gasteiger charge is 2.14. The largest absolute Gasteiger partial charge is 0.437 e. The van der Waals surface area contributed by atoms with E-state index in [-0.39, 0.29) is 24.1 Å². The van der Waals surface area contributed by atoms with E-state index in [0.717, 1.165) is 10.2 Å². The second-order valence-electron chi connectivity index (χ2n) is 5.87. The predicted octanol–water partition coefficient (Wildman–Crippen LogP) is 2.16. The molecule has 0 radical (unpaired) electrons. The second-order valence-corrected chi connectivity index (χ2v) is 5.87. The minimum atomic E-state index is -0.773. The molecular weight excluding hydrogens is 353 g/mol. The Morgan fingerprint density at radius 1 is 1.11 bits per heavy atom. The number of carbonyl (C=O) groups excluding carboxylic acids is 2. The zero-order chi connectivity index (χ0) is 19.4. The quantitative estimate of drug-likeness (QED) is 0.672. The van der Waals surface area contributed by atoms with Crippen LogP contribution < -0.4 is 11.1 Å². The van der Waals surface area contributed by atoms with Crippen molar-refractivity contribution in [3.63, 3.8) is 0 Å². The molecule has 27 heavy (non-hydrogen) atoms. The third kappa shape index (κ3) is 4.55. The van der Waals surface area contributed by atoms with Crippen LogP contribution in [-0.4, -0.2) is 21.5 Å². The normalized spacial score (nSPS) is 10.6. The number of Topliss-reactive ketones (excluding diaryl/α,β-unsaturated/α-hetero) is 1. The molecule has 1 amide bonds. The monoisotopic (exact) mass is 369 g/mol. The van der Waals surface area contributed by atoms with Crippen molar-refractivity contribution in [2.75, 3.05) is 0 Å². The Balaban J connectivity index is 1.71. The van der Waals surface area contributed by atoms with Gasteiger partial charge in [0, 0.05) is 24.6 Å². The van der Waals surface area contributed by atoms with Crippen molar-refractivity contribution in [3.8, 4) is 11.5 Å². The van der Waals surface area contributed by atoms with Gasteiger partial charge in [-0.25, -0.2) is 9.18 Å². The molecule has 1 N–H and O–H groups in total. The van der Waals surface area contributed by atoms with Crippen LogP contribution in [0.25, 0.3) is 11.5 Å². The van der Waals surface area contributed by atoms with E-state index in [0.29, 0.717) is 17.7 Å². The molecule has 0 spiro atoms. The number of rotatable bonds is 6. The average Bonchev–Trinajstić information content (AvgIpc) is 3.01. The van der Waals surface area contributed by atoms with Crippen molar-refractivity contribution >= 4 is 11.7 Å². The number of halogens is 1. The minimum absolute atomic E-state index is 0.0125. The lowest BCUT2D eigenvalue weighted by Crippen LogP contribution is -2.21. The minimum Gasteiger partial charge on any atom is -0.388 e. The van der Waals surface area contributed by atoms with E-state index in [1.54, 1.807) is 24.3 Å². The summed E-state index contributed by atoms with van der Waals surface area (Å²) >= 11 is 0. The average molecular weight is 369 g/mol. The zero-order valence-electron chi connectivity index (χ0n) is 14.4. The van der Waals surface area contributed by atoms with Gasteiger partial charge in [-0.1, -0.05) is 24.3 Å². The molecule has 0 aliphatic carbocycles. The van der Waals surface area contributed by atoms with Crippen molar-refractivity contribution < 1.29 is 18.4 Å². The molecule has 8 heteroatoms. The van der Waals surface area contributed by atoms with E-state index in [1.807, 2.05) is 0 Å². The molecule has 7 nitrogen and oxygen atoms in total. The van der Waals surface area contributed by atoms with E-state index in [4.69, 9.17) is 4.42 Å². The number of nitrogens with one attached hydrogen (secondary N) is 1. The van der Waals surface area contributed by atoms with Gasteiger partial charge in [-0.2, -0.15) is 4.68 Å². The van der Waals surface area contributed by atoms with Crippen molar-refractivity contribution in [2.45, 2.75) is 20.0 Å². The Bertz CT molecular complexity index is 1020. The van der Waals surface area contributed by atoms with Crippen LogP contribution in [-0.2, 0) is 17.9 Å². The van der Waals surface area contributed by atoms with Gasteiger partial charge >= 0.3 is 5.76 Å². The molecule has 138 valence electrons. The van der Waals surface area contributed by atoms with Crippen LogP contribution in [0, 0.1) is 5.82 Å². The number of hydrogen-bond acceptors (Lipinski definition) is 5. The summed E-state index contributed by atoms with van der Waals surface area (Å²) in [6.07, 6.45) is 0. The Labute approximate surface area is 153 Å². The molecule has 0 saturated carbocycles. The van der Waals surface area contributed by atoms with Gasteiger partial charge < -0.3 is 9.73 Å². The summed E-state index contributed by atoms with van der Waals surface area (Å²) in [5, 5.41) is 6.65. The highest BCUT2D eigenvalue weighted by atomic mass is 19.1. The summed E-state index contributed by atoms with van der Waals surface area (Å²) in [5.74, 6) is -1.64. The second kappa shape index (κ2) is 7.77. The zero-order valence-corrected chi connectivity index (χ0v) is 14.4. The molecule has 3 aromatic rings. The fraction of sp³-hybridized carbons (Fsp3) is 0.158. The van der Waals surface area contributed by atoms with Gasteiger partial charge in [-0.05, 0) is 29.8 Å². The topological polar surface area (TPSA) is 94.2 Å². The van der Waals surface area contributed by atoms with Crippen LogP contribution in [0.3, 0.4) is 0 Å². The standard InChI is InChI=1S/C19H16FN3O4/c1-12(24)21-10-13-2-4-14(5-3-13)17(25)11-23-19(26)27-18(22-23)15-6-8-16(20)9-7-15/h2-9H,10-11H2,1H3,(H,21,24). The molecule has 1 heterocycles. The summed E-state index contributed by atoms with van der Waals surface area (Å²) in [7, 11) is 0. The smallest absolute Gasteiger partial charge is 0.388 e. The van der Waals surface area contributed by atoms with Crippen molar-refractivity contribution in [2.24, 2.45) is 0 Å². The van der Waals surface area contributed by atoms with Crippen LogP contribution in [0.2, 0.25) is 0 Å². The first kappa shape index (κ1) is 18.2. The van der Waals surface area contributed by atoms with Crippen LogP contribution in [0.5, 0.6) is 0 Å². The van der Waals surface area contributed by atoms with E-state index in [9.17, 15) is 18.8 Å². The summed E-state index contributed by atoms with van der Waals surface area (Å²) in [5.41, 5.74) is 1.68. The highest BCUT2D eigenvalue weighted by Crippen LogP contribution is 2.15. The lowest BCUT2D eigenvalue weighted by Gasteiger charge is -2.04. The van der Waals surface area contributed by atoms with E-state index >= 15 is 0 Å². The predicted molar refractivity (Wildman–Crippen MR) is 94.5 cm³/mol.